The molecular formula is C24H29N5O2S. The molecule has 0 unspecified atom stereocenters. The fourth-order valence-corrected chi connectivity index (χ4v) is 6.59. The first kappa shape index (κ1) is 21.5. The molecule has 2 saturated heterocycles. The maximum Gasteiger partial charge on any atom is 0.257 e. The van der Waals surface area contributed by atoms with E-state index in [9.17, 15) is 4.79 Å². The normalized spacial score (nSPS) is 25.9. The van der Waals surface area contributed by atoms with Gasteiger partial charge in [-0.3, -0.25) is 4.79 Å². The largest absolute Gasteiger partial charge is 0.370 e. The van der Waals surface area contributed by atoms with Gasteiger partial charge in [0.1, 0.15) is 6.07 Å². The number of aromatic nitrogens is 2. The molecule has 0 saturated carbocycles. The molecule has 2 aromatic rings. The van der Waals surface area contributed by atoms with Crippen molar-refractivity contribution >= 4 is 17.2 Å². The van der Waals surface area contributed by atoms with Gasteiger partial charge in [0, 0.05) is 66.7 Å². The van der Waals surface area contributed by atoms with E-state index in [-0.39, 0.29) is 17.3 Å². The number of nitriles is 1. The third kappa shape index (κ3) is 3.83. The van der Waals surface area contributed by atoms with Crippen LogP contribution in [-0.2, 0) is 23.2 Å². The van der Waals surface area contributed by atoms with Crippen LogP contribution in [0.5, 0.6) is 0 Å². The molecule has 0 bridgehead atoms. The van der Waals surface area contributed by atoms with Gasteiger partial charge in [-0.15, -0.1) is 11.3 Å². The summed E-state index contributed by atoms with van der Waals surface area (Å²) in [6.07, 6.45) is 7.12. The molecule has 1 amide bonds. The highest BCUT2D eigenvalue weighted by Gasteiger charge is 2.45. The predicted octanol–water partition coefficient (Wildman–Crippen LogP) is 3.00. The minimum Gasteiger partial charge on any atom is -0.370 e. The van der Waals surface area contributed by atoms with Crippen molar-refractivity contribution < 1.29 is 9.53 Å². The number of likely N-dealkylation sites (tertiary alicyclic amines) is 2. The van der Waals surface area contributed by atoms with Crippen LogP contribution in [0.25, 0.3) is 0 Å². The summed E-state index contributed by atoms with van der Waals surface area (Å²) in [4.78, 5) is 27.9. The molecule has 1 spiro atoms. The summed E-state index contributed by atoms with van der Waals surface area (Å²) >= 11 is 1.98. The van der Waals surface area contributed by atoms with Crippen LogP contribution in [0.15, 0.2) is 18.5 Å². The predicted molar refractivity (Wildman–Crippen MR) is 121 cm³/mol. The summed E-state index contributed by atoms with van der Waals surface area (Å²) in [6, 6.07) is 4.74. The van der Waals surface area contributed by atoms with Gasteiger partial charge in [-0.25, -0.2) is 9.97 Å². The van der Waals surface area contributed by atoms with Crippen LogP contribution in [0.1, 0.15) is 58.2 Å². The van der Waals surface area contributed by atoms with Crippen LogP contribution in [0.3, 0.4) is 0 Å². The summed E-state index contributed by atoms with van der Waals surface area (Å²) in [5.74, 6) is 0.525. The van der Waals surface area contributed by atoms with E-state index in [1.54, 1.807) is 0 Å². The number of amides is 1. The van der Waals surface area contributed by atoms with Crippen LogP contribution in [0.2, 0.25) is 0 Å². The first-order chi connectivity index (χ1) is 15.5. The number of hydrogen-bond donors (Lipinski definition) is 0. The summed E-state index contributed by atoms with van der Waals surface area (Å²) in [5, 5.41) is 8.81. The molecule has 2 fully saturated rings. The number of fused-ring (bicyclic) bond motifs is 2. The average molecular weight is 452 g/mol. The van der Waals surface area contributed by atoms with Crippen molar-refractivity contribution in [2.24, 2.45) is 5.92 Å². The molecule has 2 aromatic heterocycles. The van der Waals surface area contributed by atoms with E-state index < -0.39 is 0 Å². The lowest BCUT2D eigenvalue weighted by Gasteiger charge is -2.49. The minimum atomic E-state index is -0.107. The fourth-order valence-electron chi connectivity index (χ4n) is 5.41. The molecule has 168 valence electrons. The first-order valence-electron chi connectivity index (χ1n) is 11.5. The lowest BCUT2D eigenvalue weighted by atomic mass is 9.79. The number of hydrogen-bond acceptors (Lipinski definition) is 7. The Kier molecular flexibility index (Phi) is 5.74. The Morgan fingerprint density at radius 3 is 2.84 bits per heavy atom. The average Bonchev–Trinajstić information content (AvgIpc) is 3.22. The van der Waals surface area contributed by atoms with Crippen molar-refractivity contribution in [1.82, 2.24) is 19.8 Å². The molecule has 7 nitrogen and oxygen atoms in total. The number of nitrogens with zero attached hydrogens (tertiary/aromatic N) is 5. The smallest absolute Gasteiger partial charge is 0.257 e. The van der Waals surface area contributed by atoms with E-state index in [0.29, 0.717) is 17.5 Å². The number of rotatable bonds is 4. The van der Waals surface area contributed by atoms with Crippen molar-refractivity contribution in [1.29, 1.82) is 5.26 Å². The Morgan fingerprint density at radius 1 is 1.38 bits per heavy atom. The number of thiophene rings is 1. The zero-order valence-electron chi connectivity index (χ0n) is 18.7. The zero-order chi connectivity index (χ0) is 22.3. The van der Waals surface area contributed by atoms with E-state index in [1.165, 1.54) is 27.7 Å². The fraction of sp³-hybridized carbons (Fsp3) is 0.583. The number of carbonyl (C=O) groups excluding carboxylic acids is 1. The number of piperidine rings is 1. The highest BCUT2D eigenvalue weighted by molar-refractivity contribution is 7.12. The number of carbonyl (C=O) groups is 1. The van der Waals surface area contributed by atoms with Gasteiger partial charge in [0.25, 0.3) is 5.91 Å². The van der Waals surface area contributed by atoms with Crippen molar-refractivity contribution in [2.45, 2.75) is 51.2 Å². The van der Waals surface area contributed by atoms with Gasteiger partial charge in [0.05, 0.1) is 17.8 Å². The molecule has 2 atom stereocenters. The van der Waals surface area contributed by atoms with E-state index in [2.05, 4.69) is 34.8 Å². The second-order valence-corrected chi connectivity index (χ2v) is 10.5. The second kappa shape index (κ2) is 8.54. The Bertz CT molecular complexity index is 1040. The quantitative estimate of drug-likeness (QED) is 0.711. The second-order valence-electron chi connectivity index (χ2n) is 9.28. The first-order valence-corrected chi connectivity index (χ1v) is 12.3. The third-order valence-corrected chi connectivity index (χ3v) is 8.53. The van der Waals surface area contributed by atoms with Gasteiger partial charge >= 0.3 is 0 Å². The van der Waals surface area contributed by atoms with E-state index in [0.717, 1.165) is 58.5 Å². The van der Waals surface area contributed by atoms with E-state index >= 15 is 0 Å². The Morgan fingerprint density at radius 2 is 2.16 bits per heavy atom. The molecule has 0 aromatic carbocycles. The maximum absolute atomic E-state index is 12.6. The molecule has 0 N–H and O–H groups in total. The lowest BCUT2D eigenvalue weighted by Crippen LogP contribution is -2.57. The molecule has 5 rings (SSSR count). The van der Waals surface area contributed by atoms with Crippen LogP contribution in [-0.4, -0.2) is 64.5 Å². The number of aryl methyl sites for hydroxylation is 1. The number of ether oxygens (including phenoxy) is 1. The third-order valence-electron chi connectivity index (χ3n) is 7.19. The molecule has 3 aliphatic heterocycles. The van der Waals surface area contributed by atoms with Gasteiger partial charge in [-0.2, -0.15) is 5.26 Å². The van der Waals surface area contributed by atoms with Crippen molar-refractivity contribution in [3.8, 4) is 6.07 Å². The van der Waals surface area contributed by atoms with E-state index in [1.807, 2.05) is 22.3 Å². The molecule has 0 radical (unpaired) electrons. The molecule has 8 heteroatoms. The zero-order valence-corrected chi connectivity index (χ0v) is 19.5. The van der Waals surface area contributed by atoms with Crippen LogP contribution in [0.4, 0.5) is 0 Å². The summed E-state index contributed by atoms with van der Waals surface area (Å²) in [5.41, 5.74) is 1.80. The Balaban J connectivity index is 1.17. The summed E-state index contributed by atoms with van der Waals surface area (Å²) in [7, 11) is 0. The molecule has 32 heavy (non-hydrogen) atoms. The highest BCUT2D eigenvalue weighted by atomic mass is 32.1. The van der Waals surface area contributed by atoms with Crippen LogP contribution >= 0.6 is 11.3 Å². The molecular weight excluding hydrogens is 422 g/mol. The van der Waals surface area contributed by atoms with Gasteiger partial charge in [-0.1, -0.05) is 6.92 Å². The molecule has 0 aliphatic carbocycles. The Hall–Kier alpha value is -2.34. The van der Waals surface area contributed by atoms with Crippen molar-refractivity contribution in [3.05, 3.63) is 45.2 Å². The van der Waals surface area contributed by atoms with E-state index in [4.69, 9.17) is 10.00 Å². The van der Waals surface area contributed by atoms with Gasteiger partial charge in [-0.05, 0) is 37.8 Å². The topological polar surface area (TPSA) is 82.4 Å². The summed E-state index contributed by atoms with van der Waals surface area (Å²) < 4.78 is 6.46. The van der Waals surface area contributed by atoms with Gasteiger partial charge in [0.15, 0.2) is 0 Å². The maximum atomic E-state index is 12.6. The standard InChI is InChI=1S/C24H29N5O2S/c1-3-19-8-20-21(32-19)4-7-31-24(20)5-6-28(16(2)9-24)13-17-14-29(15-17)23(30)18-11-26-22(10-25)27-12-18/h8,11-12,16-17H,3-7,9,13-15H2,1-2H3/t16-,24+/m0/s1. The van der Waals surface area contributed by atoms with Crippen molar-refractivity contribution in [2.75, 3.05) is 32.8 Å². The minimum absolute atomic E-state index is 0.0521. The van der Waals surface area contributed by atoms with Gasteiger partial charge < -0.3 is 14.5 Å². The summed E-state index contributed by atoms with van der Waals surface area (Å²) in [6.45, 7) is 8.96. The van der Waals surface area contributed by atoms with Crippen LogP contribution in [0, 0.1) is 17.2 Å². The van der Waals surface area contributed by atoms with Crippen molar-refractivity contribution in [3.63, 3.8) is 0 Å². The molecule has 3 aliphatic rings. The van der Waals surface area contributed by atoms with Crippen LogP contribution < -0.4 is 0 Å². The van der Waals surface area contributed by atoms with Gasteiger partial charge in [0.2, 0.25) is 5.82 Å². The lowest BCUT2D eigenvalue weighted by molar-refractivity contribution is -0.114. The highest BCUT2D eigenvalue weighted by Crippen LogP contribution is 2.46. The molecule has 5 heterocycles. The SMILES string of the molecule is CCc1cc2c(s1)CCO[C@@]21CCN(CC2CN(C(=O)c3cnc(C#N)nc3)C2)[C@@H](C)C1. The monoisotopic (exact) mass is 451 g/mol. The Labute approximate surface area is 193 Å².